The Morgan fingerprint density at radius 3 is 2.60 bits per heavy atom. The Bertz CT molecular complexity index is 426. The van der Waals surface area contributed by atoms with Crippen LogP contribution < -0.4 is 10.0 Å². The summed E-state index contributed by atoms with van der Waals surface area (Å²) in [7, 11) is -3.44. The van der Waals surface area contributed by atoms with Crippen LogP contribution >= 0.6 is 0 Å². The second-order valence-corrected chi connectivity index (χ2v) is 6.94. The number of hydrogen-bond donors (Lipinski definition) is 2. The molecule has 2 saturated heterocycles. The zero-order valence-electron chi connectivity index (χ0n) is 11.8. The van der Waals surface area contributed by atoms with Gasteiger partial charge in [-0.25, -0.2) is 0 Å². The Kier molecular flexibility index (Phi) is 5.36. The molecule has 2 rings (SSSR count). The summed E-state index contributed by atoms with van der Waals surface area (Å²) in [5.74, 6) is -0.382. The van der Waals surface area contributed by atoms with Crippen LogP contribution in [0.5, 0.6) is 0 Å². The van der Waals surface area contributed by atoms with Crippen molar-refractivity contribution in [3.8, 4) is 0 Å². The molecule has 2 N–H and O–H groups in total. The van der Waals surface area contributed by atoms with Crippen LogP contribution in [0.4, 0.5) is 0 Å². The van der Waals surface area contributed by atoms with Gasteiger partial charge in [0, 0.05) is 25.7 Å². The quantitative estimate of drug-likeness (QED) is 0.666. The van der Waals surface area contributed by atoms with E-state index in [1.54, 1.807) is 6.92 Å². The maximum absolute atomic E-state index is 12.2. The predicted octanol–water partition coefficient (Wildman–Crippen LogP) is -0.542. The van der Waals surface area contributed by atoms with Gasteiger partial charge in [0.2, 0.25) is 0 Å². The lowest BCUT2D eigenvalue weighted by Crippen LogP contribution is -2.49. The van der Waals surface area contributed by atoms with Crippen LogP contribution in [0.2, 0.25) is 0 Å². The molecule has 0 saturated carbocycles. The molecule has 2 aliphatic heterocycles. The van der Waals surface area contributed by atoms with Gasteiger partial charge in [-0.3, -0.25) is 4.79 Å². The summed E-state index contributed by atoms with van der Waals surface area (Å²) in [5.41, 5.74) is 0. The molecule has 1 atom stereocenters. The standard InChI is InChI=1S/C12H23N3O4S/c1-2-19-12(16)10-4-7-15(8-5-10)20(17,18)14-11-3-6-13-9-11/h10-11,13-14H,2-9H2,1H3. The molecule has 0 radical (unpaired) electrons. The summed E-state index contributed by atoms with van der Waals surface area (Å²) in [4.78, 5) is 11.6. The van der Waals surface area contributed by atoms with E-state index in [2.05, 4.69) is 10.0 Å². The van der Waals surface area contributed by atoms with Gasteiger partial charge in [-0.05, 0) is 32.7 Å². The highest BCUT2D eigenvalue weighted by molar-refractivity contribution is 7.87. The van der Waals surface area contributed by atoms with Crippen molar-refractivity contribution in [2.45, 2.75) is 32.2 Å². The minimum absolute atomic E-state index is 0.0252. The minimum atomic E-state index is -3.44. The maximum atomic E-state index is 12.2. The number of hydrogen-bond acceptors (Lipinski definition) is 5. The topological polar surface area (TPSA) is 87.7 Å². The number of nitrogens with one attached hydrogen (secondary N) is 2. The third kappa shape index (κ3) is 3.91. The Balaban J connectivity index is 1.84. The maximum Gasteiger partial charge on any atom is 0.309 e. The van der Waals surface area contributed by atoms with Crippen LogP contribution in [0.15, 0.2) is 0 Å². The van der Waals surface area contributed by atoms with Crippen LogP contribution in [0.1, 0.15) is 26.2 Å². The Hall–Kier alpha value is -0.700. The van der Waals surface area contributed by atoms with Crippen molar-refractivity contribution in [1.29, 1.82) is 0 Å². The smallest absolute Gasteiger partial charge is 0.309 e. The molecule has 8 heteroatoms. The number of carbonyl (C=O) groups excluding carboxylic acids is 1. The molecule has 2 aliphatic rings. The van der Waals surface area contributed by atoms with E-state index in [1.165, 1.54) is 4.31 Å². The Morgan fingerprint density at radius 1 is 1.35 bits per heavy atom. The number of ether oxygens (including phenoxy) is 1. The zero-order chi connectivity index (χ0) is 14.6. The van der Waals surface area contributed by atoms with Gasteiger partial charge in [-0.15, -0.1) is 0 Å². The highest BCUT2D eigenvalue weighted by atomic mass is 32.2. The van der Waals surface area contributed by atoms with Crippen LogP contribution in [0.3, 0.4) is 0 Å². The number of esters is 1. The number of nitrogens with zero attached hydrogens (tertiary/aromatic N) is 1. The summed E-state index contributed by atoms with van der Waals surface area (Å²) in [5, 5.41) is 3.13. The minimum Gasteiger partial charge on any atom is -0.466 e. The molecule has 1 unspecified atom stereocenters. The van der Waals surface area contributed by atoms with Crippen molar-refractivity contribution in [2.75, 3.05) is 32.8 Å². The van der Waals surface area contributed by atoms with Gasteiger partial charge >= 0.3 is 5.97 Å². The normalized spacial score (nSPS) is 25.8. The fourth-order valence-electron chi connectivity index (χ4n) is 2.63. The van der Waals surface area contributed by atoms with Gasteiger partial charge in [0.15, 0.2) is 0 Å². The van der Waals surface area contributed by atoms with Crippen molar-refractivity contribution in [3.63, 3.8) is 0 Å². The van der Waals surface area contributed by atoms with Gasteiger partial charge in [-0.2, -0.15) is 17.4 Å². The molecular formula is C12H23N3O4S. The first-order chi connectivity index (χ1) is 9.53. The first-order valence-corrected chi connectivity index (χ1v) is 8.61. The molecule has 2 fully saturated rings. The van der Waals surface area contributed by atoms with E-state index >= 15 is 0 Å². The molecule has 7 nitrogen and oxygen atoms in total. The molecule has 0 aromatic carbocycles. The van der Waals surface area contributed by atoms with Crippen LogP contribution in [-0.4, -0.2) is 57.5 Å². The lowest BCUT2D eigenvalue weighted by atomic mass is 9.98. The molecule has 0 bridgehead atoms. The average Bonchev–Trinajstić information content (AvgIpc) is 2.91. The second-order valence-electron chi connectivity index (χ2n) is 5.24. The molecule has 0 aromatic rings. The van der Waals surface area contributed by atoms with Gasteiger partial charge < -0.3 is 10.1 Å². The molecule has 0 spiro atoms. The van der Waals surface area contributed by atoms with Crippen LogP contribution in [0.25, 0.3) is 0 Å². The number of piperidine rings is 1. The monoisotopic (exact) mass is 305 g/mol. The molecule has 20 heavy (non-hydrogen) atoms. The van der Waals surface area contributed by atoms with E-state index in [0.717, 1.165) is 13.0 Å². The highest BCUT2D eigenvalue weighted by Crippen LogP contribution is 2.20. The summed E-state index contributed by atoms with van der Waals surface area (Å²) >= 11 is 0. The third-order valence-electron chi connectivity index (χ3n) is 3.79. The van der Waals surface area contributed by atoms with Crippen molar-refractivity contribution in [3.05, 3.63) is 0 Å². The van der Waals surface area contributed by atoms with E-state index in [0.29, 0.717) is 39.1 Å². The fraction of sp³-hybridized carbons (Fsp3) is 0.917. The van der Waals surface area contributed by atoms with Crippen molar-refractivity contribution < 1.29 is 17.9 Å². The molecule has 2 heterocycles. The average molecular weight is 305 g/mol. The Labute approximate surface area is 120 Å². The number of rotatable bonds is 5. The SMILES string of the molecule is CCOC(=O)C1CCN(S(=O)(=O)NC2CCNC2)CC1. The summed E-state index contributed by atoms with van der Waals surface area (Å²) in [6.45, 7) is 4.42. The largest absolute Gasteiger partial charge is 0.466 e. The summed E-state index contributed by atoms with van der Waals surface area (Å²) < 4.78 is 33.6. The van der Waals surface area contributed by atoms with Crippen LogP contribution in [0, 0.1) is 5.92 Å². The first-order valence-electron chi connectivity index (χ1n) is 7.17. The lowest BCUT2D eigenvalue weighted by molar-refractivity contribution is -0.149. The van der Waals surface area contributed by atoms with E-state index in [4.69, 9.17) is 4.74 Å². The Morgan fingerprint density at radius 2 is 2.05 bits per heavy atom. The van der Waals surface area contributed by atoms with E-state index in [9.17, 15) is 13.2 Å². The summed E-state index contributed by atoms with van der Waals surface area (Å²) in [6.07, 6.45) is 1.88. The lowest BCUT2D eigenvalue weighted by Gasteiger charge is -2.30. The van der Waals surface area contributed by atoms with E-state index in [1.807, 2.05) is 0 Å². The van der Waals surface area contributed by atoms with Crippen LogP contribution in [-0.2, 0) is 19.7 Å². The summed E-state index contributed by atoms with van der Waals surface area (Å²) in [6, 6.07) is -0.0252. The first kappa shape index (κ1) is 15.7. The second kappa shape index (κ2) is 6.84. The molecule has 0 aliphatic carbocycles. The number of carbonyl (C=O) groups is 1. The van der Waals surface area contributed by atoms with Crippen molar-refractivity contribution in [1.82, 2.24) is 14.3 Å². The molecule has 0 amide bonds. The van der Waals surface area contributed by atoms with Gasteiger partial charge in [-0.1, -0.05) is 0 Å². The fourth-order valence-corrected chi connectivity index (χ4v) is 4.10. The van der Waals surface area contributed by atoms with E-state index < -0.39 is 10.2 Å². The van der Waals surface area contributed by atoms with Crippen molar-refractivity contribution in [2.24, 2.45) is 5.92 Å². The van der Waals surface area contributed by atoms with Gasteiger partial charge in [0.1, 0.15) is 0 Å². The van der Waals surface area contributed by atoms with Gasteiger partial charge in [0.05, 0.1) is 12.5 Å². The molecule has 0 aromatic heterocycles. The third-order valence-corrected chi connectivity index (χ3v) is 5.47. The van der Waals surface area contributed by atoms with Gasteiger partial charge in [0.25, 0.3) is 10.2 Å². The molecular weight excluding hydrogens is 282 g/mol. The highest BCUT2D eigenvalue weighted by Gasteiger charge is 2.33. The van der Waals surface area contributed by atoms with E-state index in [-0.39, 0.29) is 17.9 Å². The predicted molar refractivity (Wildman–Crippen MR) is 74.3 cm³/mol. The molecule has 116 valence electrons. The zero-order valence-corrected chi connectivity index (χ0v) is 12.6. The van der Waals surface area contributed by atoms with Crippen molar-refractivity contribution >= 4 is 16.2 Å².